The van der Waals surface area contributed by atoms with Crippen molar-refractivity contribution in [3.8, 4) is 0 Å². The number of carbonyl (C=O) groups is 5. The Kier molecular flexibility index (Phi) is 17.6. The molecule has 7 heterocycles. The quantitative estimate of drug-likeness (QED) is 0.138. The molecule has 22 heteroatoms. The minimum atomic E-state index is -0.369. The molecule has 7 aromatic rings. The number of imide groups is 1. The number of hydrogen-bond donors (Lipinski definition) is 1. The van der Waals surface area contributed by atoms with Gasteiger partial charge in [0.05, 0.1) is 54.4 Å². The van der Waals surface area contributed by atoms with Crippen molar-refractivity contribution in [1.29, 1.82) is 0 Å². The number of alkyl halides is 1. The van der Waals surface area contributed by atoms with Crippen LogP contribution in [0, 0.1) is 17.5 Å². The number of hydrogen-bond acceptors (Lipinski definition) is 9. The van der Waals surface area contributed by atoms with Crippen molar-refractivity contribution in [3.63, 3.8) is 0 Å². The zero-order valence-corrected chi connectivity index (χ0v) is 42.4. The molecule has 0 fully saturated rings. The van der Waals surface area contributed by atoms with Crippen molar-refractivity contribution in [2.45, 2.75) is 45.5 Å². The Labute approximate surface area is 458 Å². The molecule has 0 spiro atoms. The summed E-state index contributed by atoms with van der Waals surface area (Å²) in [5, 5.41) is 13.6. The second-order valence-electron chi connectivity index (χ2n) is 15.6. The first-order valence-corrected chi connectivity index (χ1v) is 22.2. The zero-order chi connectivity index (χ0) is 46.9. The molecule has 4 aliphatic rings. The molecule has 0 aliphatic carbocycles. The third kappa shape index (κ3) is 10.9. The number of carbonyl (C=O) groups excluding carboxylic acids is 5. The van der Waals surface area contributed by atoms with Crippen LogP contribution in [0.5, 0.6) is 0 Å². The monoisotopic (exact) mass is 1070 g/mol. The fraction of sp³-hybridized carbons (Fsp3) is 0.208. The Morgan fingerprint density at radius 3 is 1.19 bits per heavy atom. The summed E-state index contributed by atoms with van der Waals surface area (Å²) < 4.78 is 44.0. The molecule has 0 saturated carbocycles. The molecule has 0 bridgehead atoms. The summed E-state index contributed by atoms with van der Waals surface area (Å²) in [7, 11) is 0. The number of rotatable bonds is 7. The smallest absolute Gasteiger partial charge is 1.00 e. The summed E-state index contributed by atoms with van der Waals surface area (Å²) in [5.74, 6) is -2.21. The van der Waals surface area contributed by atoms with Crippen molar-refractivity contribution in [2.75, 3.05) is 34.3 Å². The fourth-order valence-corrected chi connectivity index (χ4v) is 8.40. The molecule has 5 amide bonds. The van der Waals surface area contributed by atoms with Crippen LogP contribution in [0.25, 0.3) is 0 Å². The first-order chi connectivity index (χ1) is 32.4. The number of aromatic nitrogens is 6. The molecule has 3 aromatic heterocycles. The van der Waals surface area contributed by atoms with Gasteiger partial charge < -0.3 is 21.9 Å². The fourth-order valence-electron chi connectivity index (χ4n) is 8.13. The predicted octanol–water partition coefficient (Wildman–Crippen LogP) is 4.37. The molecule has 16 nitrogen and oxygen atoms in total. The summed E-state index contributed by atoms with van der Waals surface area (Å²) in [6, 6.07) is 29.3. The van der Waals surface area contributed by atoms with E-state index in [1.54, 1.807) is 108 Å². The van der Waals surface area contributed by atoms with Gasteiger partial charge in [-0.1, -0.05) is 35.5 Å². The van der Waals surface area contributed by atoms with Crippen molar-refractivity contribution in [1.82, 2.24) is 34.2 Å². The number of benzene rings is 4. The first-order valence-electron chi connectivity index (χ1n) is 21.0. The van der Waals surface area contributed by atoms with Gasteiger partial charge in [-0.25, -0.2) is 13.2 Å². The topological polar surface area (TPSA) is 178 Å². The van der Waals surface area contributed by atoms with Gasteiger partial charge >= 0.3 is 51.4 Å². The normalized spacial score (nSPS) is 14.4. The number of nitrogens with zero attached hydrogens (tertiary/aromatic N) is 10. The van der Waals surface area contributed by atoms with E-state index in [1.165, 1.54) is 36.4 Å². The molecule has 4 aliphatic heterocycles. The second-order valence-corrected chi connectivity index (χ2v) is 16.2. The van der Waals surface area contributed by atoms with Crippen molar-refractivity contribution in [2.24, 2.45) is 5.73 Å². The standard InChI is InChI=1S/C21H15FN4O3.C13H11BrFN3O.C13H13FN4O.CH4.ClH.K.H/c22-13-5-7-15(8-6-13)24-9-10-26-18(21(24)29)11-14(23-26)12-25-19(27)16-3-1-2-4-17(16)20(25)28;14-8-10-7-12-13(19)17(5-6-18(12)16-10)11-3-1-9(15)2-4-11;14-9-1-3-11(4-2-9)17-5-6-18-12(13(17)19)7-10(8-15)16-18;;;;/h1-8,11H,9-10,12H2;1-4,7H,5-6,8H2;1-4,7H,5-6,8,15H2;1H4;1H;;/q;;;;;+1;-1. The van der Waals surface area contributed by atoms with Crippen LogP contribution < -0.4 is 71.8 Å². The molecular weight excluding hydrogens is 1020 g/mol. The van der Waals surface area contributed by atoms with E-state index in [0.29, 0.717) is 108 Å². The van der Waals surface area contributed by atoms with Crippen LogP contribution in [0.15, 0.2) is 115 Å². The van der Waals surface area contributed by atoms with Crippen molar-refractivity contribution in [3.05, 3.63) is 178 Å². The van der Waals surface area contributed by atoms with Gasteiger partial charge in [0, 0.05) is 48.6 Å². The number of amides is 5. The minimum Gasteiger partial charge on any atom is -1.00 e. The van der Waals surface area contributed by atoms with Crippen LogP contribution in [0.4, 0.5) is 30.2 Å². The third-order valence-corrected chi connectivity index (χ3v) is 12.0. The largest absolute Gasteiger partial charge is 1.00 e. The van der Waals surface area contributed by atoms with E-state index in [0.717, 1.165) is 10.6 Å². The molecule has 70 heavy (non-hydrogen) atoms. The van der Waals surface area contributed by atoms with Crippen LogP contribution in [0.1, 0.15) is 78.1 Å². The van der Waals surface area contributed by atoms with Gasteiger partial charge in [-0.15, -0.1) is 12.4 Å². The second kappa shape index (κ2) is 23.0. The number of nitrogens with two attached hydrogens (primary N) is 1. The van der Waals surface area contributed by atoms with Gasteiger partial charge in [-0.2, -0.15) is 15.3 Å². The Bertz CT molecular complexity index is 2920. The summed E-state index contributed by atoms with van der Waals surface area (Å²) in [4.78, 5) is 68.7. The summed E-state index contributed by atoms with van der Waals surface area (Å²) in [5.41, 5.74) is 11.7. The SMILES string of the molecule is C.Cl.NCc1cc2n(n1)CCN(c1ccc(F)cc1)C2=O.O=C1c2cc(CBr)nn2CCN1c1ccc(F)cc1.O=C1c2ccccc2C(=O)N1Cc1cc2n(n1)CCN(c1ccc(F)cc1)C2=O.[H-].[K+]. The van der Waals surface area contributed by atoms with Crippen LogP contribution in [0.3, 0.4) is 0 Å². The van der Waals surface area contributed by atoms with Crippen molar-refractivity contribution < 1.29 is 90.0 Å². The molecule has 358 valence electrons. The van der Waals surface area contributed by atoms with E-state index in [2.05, 4.69) is 31.2 Å². The van der Waals surface area contributed by atoms with E-state index in [4.69, 9.17) is 5.73 Å². The van der Waals surface area contributed by atoms with Crippen LogP contribution in [-0.4, -0.2) is 83.4 Å². The summed E-state index contributed by atoms with van der Waals surface area (Å²) in [6.07, 6.45) is 0. The maximum atomic E-state index is 13.2. The predicted molar refractivity (Wildman–Crippen MR) is 257 cm³/mol. The average molecular weight is 1070 g/mol. The Hall–Kier alpha value is -5.78. The Balaban J connectivity index is 0.000000199. The third-order valence-electron chi connectivity index (χ3n) is 11.4. The summed E-state index contributed by atoms with van der Waals surface area (Å²) >= 11 is 3.33. The van der Waals surface area contributed by atoms with E-state index in [1.807, 2.05) is 0 Å². The number of fused-ring (bicyclic) bond motifs is 4. The van der Waals surface area contributed by atoms with E-state index < -0.39 is 0 Å². The van der Waals surface area contributed by atoms with Gasteiger partial charge in [0.15, 0.2) is 0 Å². The Morgan fingerprint density at radius 1 is 0.500 bits per heavy atom. The van der Waals surface area contributed by atoms with E-state index in [-0.39, 0.29) is 126 Å². The zero-order valence-electron chi connectivity index (χ0n) is 37.8. The molecule has 0 atom stereocenters. The number of anilines is 3. The van der Waals surface area contributed by atoms with Gasteiger partial charge in [0.25, 0.3) is 29.5 Å². The maximum Gasteiger partial charge on any atom is 1.00 e. The summed E-state index contributed by atoms with van der Waals surface area (Å²) in [6.45, 7) is 3.47. The molecule has 11 rings (SSSR count). The maximum absolute atomic E-state index is 13.2. The molecule has 0 radical (unpaired) electrons. The molecule has 4 aromatic carbocycles. The van der Waals surface area contributed by atoms with E-state index in [9.17, 15) is 37.1 Å². The molecule has 0 saturated heterocycles. The van der Waals surface area contributed by atoms with Crippen LogP contribution >= 0.6 is 28.3 Å². The van der Waals surface area contributed by atoms with Gasteiger partial charge in [0.1, 0.15) is 34.5 Å². The van der Waals surface area contributed by atoms with E-state index >= 15 is 0 Å². The average Bonchev–Trinajstić information content (AvgIpc) is 4.14. The van der Waals surface area contributed by atoms with Gasteiger partial charge in [-0.05, 0) is 103 Å². The molecular formula is C48H45BrClF3KN11O5. The van der Waals surface area contributed by atoms with Crippen LogP contribution in [-0.2, 0) is 38.1 Å². The first kappa shape index (κ1) is 53.6. The van der Waals surface area contributed by atoms with Crippen LogP contribution in [0.2, 0.25) is 0 Å². The molecule has 2 N–H and O–H groups in total. The number of halogens is 5. The van der Waals surface area contributed by atoms with Crippen molar-refractivity contribution >= 4 is 74.9 Å². The Morgan fingerprint density at radius 2 is 0.829 bits per heavy atom. The molecule has 0 unspecified atom stereocenters. The van der Waals surface area contributed by atoms with Gasteiger partial charge in [-0.3, -0.25) is 42.9 Å². The minimum absolute atomic E-state index is 0. The van der Waals surface area contributed by atoms with Gasteiger partial charge in [0.2, 0.25) is 0 Å².